The van der Waals surface area contributed by atoms with Gasteiger partial charge in [-0.05, 0) is 66.9 Å². The third-order valence-corrected chi connectivity index (χ3v) is 6.81. The highest BCUT2D eigenvalue weighted by Gasteiger charge is 2.63. The summed E-state index contributed by atoms with van der Waals surface area (Å²) in [6.45, 7) is 0. The summed E-state index contributed by atoms with van der Waals surface area (Å²) in [7, 11) is 0. The topological polar surface area (TPSA) is 69.4 Å². The number of nitrogens with zero attached hydrogens (tertiary/aromatic N) is 1. The standard InChI is InChI=1S/C19H19NO4/c21-19(10-3-5-13(6-4-10)20(22)23)24-18-14-7-8-15(18)17-12-2-1-11(9-12)16(14)17/h1-6,11-12,14-18H,7-9H2/t11-,12+,14+,15-,16+,17-,18?. The van der Waals surface area contributed by atoms with Gasteiger partial charge in [-0.2, -0.15) is 0 Å². The number of carbonyl (C=O) groups is 1. The normalized spacial score (nSPS) is 40.8. The Labute approximate surface area is 139 Å². The lowest BCUT2D eigenvalue weighted by atomic mass is 9.73. The molecular weight excluding hydrogens is 306 g/mol. The molecular formula is C19H19NO4. The molecule has 0 N–H and O–H groups in total. The van der Waals surface area contributed by atoms with E-state index in [4.69, 9.17) is 4.74 Å². The molecule has 0 radical (unpaired) electrons. The summed E-state index contributed by atoms with van der Waals surface area (Å²) in [6, 6.07) is 5.70. The van der Waals surface area contributed by atoms with Crippen LogP contribution in [0, 0.1) is 45.6 Å². The second-order valence-electron chi connectivity index (χ2n) is 7.68. The number of fused-ring (bicyclic) bond motifs is 9. The fraction of sp³-hybridized carbons (Fsp3) is 0.526. The number of non-ortho nitro benzene ring substituents is 1. The average molecular weight is 325 g/mol. The first-order valence-electron chi connectivity index (χ1n) is 8.77. The van der Waals surface area contributed by atoms with Crippen LogP contribution >= 0.6 is 0 Å². The number of nitro benzene ring substituents is 1. The van der Waals surface area contributed by atoms with Crippen LogP contribution in [0.3, 0.4) is 0 Å². The lowest BCUT2D eigenvalue weighted by molar-refractivity contribution is -0.384. The van der Waals surface area contributed by atoms with Gasteiger partial charge in [0.25, 0.3) is 5.69 Å². The molecule has 3 fully saturated rings. The molecule has 24 heavy (non-hydrogen) atoms. The Morgan fingerprint density at radius 1 is 1.04 bits per heavy atom. The van der Waals surface area contributed by atoms with Gasteiger partial charge >= 0.3 is 5.97 Å². The Kier molecular flexibility index (Phi) is 2.91. The highest BCUT2D eigenvalue weighted by Crippen LogP contribution is 2.66. The Morgan fingerprint density at radius 3 is 2.17 bits per heavy atom. The van der Waals surface area contributed by atoms with E-state index in [0.29, 0.717) is 41.1 Å². The molecule has 4 aliphatic rings. The van der Waals surface area contributed by atoms with Crippen LogP contribution in [0.4, 0.5) is 5.69 Å². The van der Waals surface area contributed by atoms with E-state index in [1.807, 2.05) is 0 Å². The van der Waals surface area contributed by atoms with Crippen LogP contribution in [-0.4, -0.2) is 17.0 Å². The largest absolute Gasteiger partial charge is 0.458 e. The predicted molar refractivity (Wildman–Crippen MR) is 86.2 cm³/mol. The first kappa shape index (κ1) is 14.2. The highest BCUT2D eigenvalue weighted by atomic mass is 16.6. The van der Waals surface area contributed by atoms with Gasteiger partial charge in [0, 0.05) is 12.1 Å². The van der Waals surface area contributed by atoms with Crippen LogP contribution in [0.1, 0.15) is 29.6 Å². The van der Waals surface area contributed by atoms with Gasteiger partial charge in [0.05, 0.1) is 10.5 Å². The minimum Gasteiger partial charge on any atom is -0.458 e. The van der Waals surface area contributed by atoms with E-state index in [1.165, 1.54) is 43.5 Å². The van der Waals surface area contributed by atoms with Crippen molar-refractivity contribution in [1.82, 2.24) is 0 Å². The van der Waals surface area contributed by atoms with Crippen LogP contribution < -0.4 is 0 Å². The quantitative estimate of drug-likeness (QED) is 0.280. The summed E-state index contributed by atoms with van der Waals surface area (Å²) in [6.07, 6.45) is 8.42. The summed E-state index contributed by atoms with van der Waals surface area (Å²) in [5, 5.41) is 10.7. The average Bonchev–Trinajstić information content (AvgIpc) is 3.34. The van der Waals surface area contributed by atoms with E-state index < -0.39 is 4.92 Å². The highest BCUT2D eigenvalue weighted by molar-refractivity contribution is 5.89. The Morgan fingerprint density at radius 2 is 1.62 bits per heavy atom. The van der Waals surface area contributed by atoms with Gasteiger partial charge in [-0.15, -0.1) is 0 Å². The number of allylic oxidation sites excluding steroid dienone is 2. The third kappa shape index (κ3) is 1.84. The molecule has 1 unspecified atom stereocenters. The number of carbonyl (C=O) groups excluding carboxylic acids is 1. The summed E-state index contributed by atoms with van der Waals surface area (Å²) < 4.78 is 5.91. The van der Waals surface area contributed by atoms with E-state index in [9.17, 15) is 14.9 Å². The van der Waals surface area contributed by atoms with Gasteiger partial charge in [-0.1, -0.05) is 12.2 Å². The molecule has 0 aromatic heterocycles. The molecule has 7 atom stereocenters. The molecule has 0 aliphatic heterocycles. The zero-order valence-corrected chi connectivity index (χ0v) is 13.2. The molecule has 0 amide bonds. The molecule has 0 saturated heterocycles. The van der Waals surface area contributed by atoms with Gasteiger partial charge in [0.2, 0.25) is 0 Å². The van der Waals surface area contributed by atoms with Crippen LogP contribution in [0.15, 0.2) is 36.4 Å². The van der Waals surface area contributed by atoms with E-state index in [2.05, 4.69) is 12.2 Å². The zero-order valence-electron chi connectivity index (χ0n) is 13.2. The lowest BCUT2D eigenvalue weighted by Gasteiger charge is -2.30. The van der Waals surface area contributed by atoms with Gasteiger partial charge in [-0.3, -0.25) is 10.1 Å². The van der Waals surface area contributed by atoms with Gasteiger partial charge in [-0.25, -0.2) is 4.79 Å². The maximum absolute atomic E-state index is 12.5. The van der Waals surface area contributed by atoms with Crippen molar-refractivity contribution in [3.63, 3.8) is 0 Å². The first-order valence-corrected chi connectivity index (χ1v) is 8.77. The number of hydrogen-bond acceptors (Lipinski definition) is 4. The Bertz CT molecular complexity index is 714. The maximum Gasteiger partial charge on any atom is 0.338 e. The molecule has 0 spiro atoms. The van der Waals surface area contributed by atoms with Gasteiger partial charge in [0.15, 0.2) is 0 Å². The Balaban J connectivity index is 1.34. The van der Waals surface area contributed by atoms with E-state index in [-0.39, 0.29) is 17.8 Å². The molecule has 5 nitrogen and oxygen atoms in total. The molecule has 4 bridgehead atoms. The molecule has 1 aromatic carbocycles. The zero-order chi connectivity index (χ0) is 16.4. The number of nitro groups is 1. The van der Waals surface area contributed by atoms with E-state index >= 15 is 0 Å². The van der Waals surface area contributed by atoms with Gasteiger partial charge < -0.3 is 4.74 Å². The fourth-order valence-electron chi connectivity index (χ4n) is 6.04. The van der Waals surface area contributed by atoms with Crippen molar-refractivity contribution in [1.29, 1.82) is 0 Å². The maximum atomic E-state index is 12.5. The number of benzene rings is 1. The van der Waals surface area contributed by atoms with Crippen molar-refractivity contribution >= 4 is 11.7 Å². The number of ether oxygens (including phenoxy) is 1. The minimum absolute atomic E-state index is 0.00957. The second kappa shape index (κ2) is 4.91. The first-order chi connectivity index (χ1) is 11.6. The van der Waals surface area contributed by atoms with Crippen LogP contribution in [0.25, 0.3) is 0 Å². The van der Waals surface area contributed by atoms with Crippen molar-refractivity contribution in [2.75, 3.05) is 0 Å². The predicted octanol–water partition coefficient (Wildman–Crippen LogP) is 3.60. The number of rotatable bonds is 3. The summed E-state index contributed by atoms with van der Waals surface area (Å²) in [4.78, 5) is 22.7. The molecule has 5 heteroatoms. The van der Waals surface area contributed by atoms with Gasteiger partial charge in [0.1, 0.15) is 6.10 Å². The monoisotopic (exact) mass is 325 g/mol. The lowest BCUT2D eigenvalue weighted by Crippen LogP contribution is -2.25. The summed E-state index contributed by atoms with van der Waals surface area (Å²) in [5.74, 6) is 3.45. The van der Waals surface area contributed by atoms with Crippen molar-refractivity contribution in [2.45, 2.75) is 25.4 Å². The second-order valence-corrected chi connectivity index (χ2v) is 7.68. The number of hydrogen-bond donors (Lipinski definition) is 0. The van der Waals surface area contributed by atoms with Crippen LogP contribution in [-0.2, 0) is 4.74 Å². The van der Waals surface area contributed by atoms with Crippen molar-refractivity contribution in [2.24, 2.45) is 35.5 Å². The molecule has 0 heterocycles. The molecule has 4 aliphatic carbocycles. The summed E-state index contributed by atoms with van der Waals surface area (Å²) in [5.41, 5.74) is 0.392. The van der Waals surface area contributed by atoms with Crippen molar-refractivity contribution in [3.8, 4) is 0 Å². The fourth-order valence-corrected chi connectivity index (χ4v) is 6.04. The molecule has 5 rings (SSSR count). The smallest absolute Gasteiger partial charge is 0.338 e. The Hall–Kier alpha value is -2.17. The van der Waals surface area contributed by atoms with Crippen LogP contribution in [0.2, 0.25) is 0 Å². The van der Waals surface area contributed by atoms with Crippen molar-refractivity contribution in [3.05, 3.63) is 52.1 Å². The molecule has 1 aromatic rings. The van der Waals surface area contributed by atoms with E-state index in [1.54, 1.807) is 0 Å². The molecule has 124 valence electrons. The summed E-state index contributed by atoms with van der Waals surface area (Å²) >= 11 is 0. The number of esters is 1. The van der Waals surface area contributed by atoms with E-state index in [0.717, 1.165) is 0 Å². The SMILES string of the molecule is O=C(OC1[C@H]2CC[C@@H]1[C@@H]1[C@H]2[C@@H]2C=C[C@H]1C2)c1ccc([N+](=O)[O-])cc1. The van der Waals surface area contributed by atoms with Crippen LogP contribution in [0.5, 0.6) is 0 Å². The minimum atomic E-state index is -0.462. The third-order valence-electron chi connectivity index (χ3n) is 6.81. The van der Waals surface area contributed by atoms with Crippen molar-refractivity contribution < 1.29 is 14.5 Å². The molecule has 3 saturated carbocycles.